The summed E-state index contributed by atoms with van der Waals surface area (Å²) >= 11 is 5.78. The summed E-state index contributed by atoms with van der Waals surface area (Å²) in [6.07, 6.45) is 6.11. The molecule has 2 rings (SSSR count). The van der Waals surface area contributed by atoms with E-state index in [1.54, 1.807) is 0 Å². The Bertz CT molecular complexity index is 674. The minimum atomic E-state index is -0.480. The fourth-order valence-electron chi connectivity index (χ4n) is 3.66. The Hall–Kier alpha value is -1.62. The van der Waals surface area contributed by atoms with E-state index >= 15 is 0 Å². The number of hydrogen-bond acceptors (Lipinski definition) is 2. The van der Waals surface area contributed by atoms with Gasteiger partial charge in [0.2, 0.25) is 5.91 Å². The molecule has 1 fully saturated rings. The fourth-order valence-corrected chi connectivity index (χ4v) is 3.88. The Morgan fingerprint density at radius 3 is 2.14 bits per heavy atom. The molecule has 2 amide bonds. The predicted molar refractivity (Wildman–Crippen MR) is 118 cm³/mol. The number of hydrogen-bond donors (Lipinski definition) is 2. The predicted octanol–water partition coefficient (Wildman–Crippen LogP) is 5.88. The molecule has 0 saturated heterocycles. The molecule has 0 bridgehead atoms. The Labute approximate surface area is 180 Å². The Balaban J connectivity index is 0.000000396. The van der Waals surface area contributed by atoms with Crippen molar-refractivity contribution in [1.82, 2.24) is 10.6 Å². The van der Waals surface area contributed by atoms with Crippen LogP contribution in [0.5, 0.6) is 0 Å². The summed E-state index contributed by atoms with van der Waals surface area (Å²) < 4.78 is 13.3. The number of carbonyl (C=O) groups is 2. The van der Waals surface area contributed by atoms with Gasteiger partial charge in [-0.15, -0.1) is 0 Å². The average molecular weight is 427 g/mol. The van der Waals surface area contributed by atoms with Gasteiger partial charge in [0.15, 0.2) is 0 Å². The zero-order chi connectivity index (χ0) is 22.2. The van der Waals surface area contributed by atoms with Crippen molar-refractivity contribution < 1.29 is 14.0 Å². The summed E-state index contributed by atoms with van der Waals surface area (Å²) in [7, 11) is 0. The molecule has 0 spiro atoms. The summed E-state index contributed by atoms with van der Waals surface area (Å²) in [6.45, 7) is 12.1. The second kappa shape index (κ2) is 11.0. The number of benzene rings is 1. The molecular formula is C23H36ClFN2O2. The maximum Gasteiger partial charge on any atom is 0.251 e. The summed E-state index contributed by atoms with van der Waals surface area (Å²) in [5, 5.41) is 6.10. The SMILES string of the molecule is CCC(=O)NC(C)(C)C.CCCC1(CCC)CC1NC(=O)c1cc(F)cc(Cl)c1. The quantitative estimate of drug-likeness (QED) is 0.572. The summed E-state index contributed by atoms with van der Waals surface area (Å²) in [5.74, 6) is -0.597. The van der Waals surface area contributed by atoms with Crippen molar-refractivity contribution in [1.29, 1.82) is 0 Å². The fraction of sp³-hybridized carbons (Fsp3) is 0.652. The van der Waals surface area contributed by atoms with Crippen molar-refractivity contribution in [3.05, 3.63) is 34.6 Å². The van der Waals surface area contributed by atoms with Crippen LogP contribution >= 0.6 is 11.6 Å². The van der Waals surface area contributed by atoms with Gasteiger partial charge in [0.05, 0.1) is 0 Å². The van der Waals surface area contributed by atoms with Crippen LogP contribution in [0.15, 0.2) is 18.2 Å². The molecule has 2 N–H and O–H groups in total. The van der Waals surface area contributed by atoms with Gasteiger partial charge in [0, 0.05) is 28.6 Å². The highest BCUT2D eigenvalue weighted by Gasteiger charge is 2.52. The normalized spacial score (nSPS) is 17.0. The summed E-state index contributed by atoms with van der Waals surface area (Å²) in [4.78, 5) is 22.9. The van der Waals surface area contributed by atoms with Gasteiger partial charge in [-0.25, -0.2) is 4.39 Å². The number of halogens is 2. The molecule has 0 aliphatic heterocycles. The van der Waals surface area contributed by atoms with E-state index in [4.69, 9.17) is 11.6 Å². The third-order valence-corrected chi connectivity index (χ3v) is 5.17. The Morgan fingerprint density at radius 2 is 1.72 bits per heavy atom. The highest BCUT2D eigenvalue weighted by molar-refractivity contribution is 6.31. The molecule has 1 aliphatic rings. The third kappa shape index (κ3) is 8.73. The molecule has 164 valence electrons. The van der Waals surface area contributed by atoms with Crippen LogP contribution in [-0.2, 0) is 4.79 Å². The number of rotatable bonds is 7. The molecule has 1 unspecified atom stereocenters. The lowest BCUT2D eigenvalue weighted by Crippen LogP contribution is -2.40. The first-order chi connectivity index (χ1) is 13.5. The van der Waals surface area contributed by atoms with Gasteiger partial charge >= 0.3 is 0 Å². The molecule has 4 nitrogen and oxygen atoms in total. The first-order valence-electron chi connectivity index (χ1n) is 10.5. The zero-order valence-corrected chi connectivity index (χ0v) is 19.4. The molecular weight excluding hydrogens is 391 g/mol. The third-order valence-electron chi connectivity index (χ3n) is 4.95. The van der Waals surface area contributed by atoms with E-state index in [1.165, 1.54) is 18.2 Å². The van der Waals surface area contributed by atoms with Crippen LogP contribution in [0.1, 0.15) is 90.4 Å². The Morgan fingerprint density at radius 1 is 1.14 bits per heavy atom. The van der Waals surface area contributed by atoms with Crippen molar-refractivity contribution in [3.8, 4) is 0 Å². The van der Waals surface area contributed by atoms with Crippen molar-refractivity contribution in [2.24, 2.45) is 5.41 Å². The van der Waals surface area contributed by atoms with Crippen LogP contribution in [0.2, 0.25) is 5.02 Å². The van der Waals surface area contributed by atoms with E-state index in [2.05, 4.69) is 24.5 Å². The van der Waals surface area contributed by atoms with E-state index in [0.717, 1.165) is 32.1 Å². The van der Waals surface area contributed by atoms with Gasteiger partial charge in [0.25, 0.3) is 5.91 Å². The smallest absolute Gasteiger partial charge is 0.251 e. The lowest BCUT2D eigenvalue weighted by Gasteiger charge is -2.19. The summed E-state index contributed by atoms with van der Waals surface area (Å²) in [5.41, 5.74) is 0.479. The van der Waals surface area contributed by atoms with Crippen LogP contribution < -0.4 is 10.6 Å². The highest BCUT2D eigenvalue weighted by atomic mass is 35.5. The summed E-state index contributed by atoms with van der Waals surface area (Å²) in [6, 6.07) is 4.15. The largest absolute Gasteiger partial charge is 0.352 e. The van der Waals surface area contributed by atoms with Crippen LogP contribution in [0, 0.1) is 11.2 Å². The number of nitrogens with one attached hydrogen (secondary N) is 2. The van der Waals surface area contributed by atoms with Gasteiger partial charge in [-0.1, -0.05) is 45.2 Å². The molecule has 6 heteroatoms. The monoisotopic (exact) mass is 426 g/mol. The first kappa shape index (κ1) is 25.4. The van der Waals surface area contributed by atoms with E-state index in [1.807, 2.05) is 27.7 Å². The highest BCUT2D eigenvalue weighted by Crippen LogP contribution is 2.53. The number of amides is 2. The lowest BCUT2D eigenvalue weighted by molar-refractivity contribution is -0.122. The van der Waals surface area contributed by atoms with Gasteiger partial charge in [0.1, 0.15) is 5.82 Å². The van der Waals surface area contributed by atoms with Crippen molar-refractivity contribution >= 4 is 23.4 Å². The molecule has 29 heavy (non-hydrogen) atoms. The Kier molecular flexibility index (Phi) is 9.60. The van der Waals surface area contributed by atoms with Gasteiger partial charge in [-0.3, -0.25) is 9.59 Å². The van der Waals surface area contributed by atoms with E-state index in [9.17, 15) is 14.0 Å². The van der Waals surface area contributed by atoms with Gasteiger partial charge in [-0.2, -0.15) is 0 Å². The van der Waals surface area contributed by atoms with E-state index in [0.29, 0.717) is 12.0 Å². The van der Waals surface area contributed by atoms with E-state index < -0.39 is 5.82 Å². The van der Waals surface area contributed by atoms with Crippen molar-refractivity contribution in [2.45, 2.75) is 91.6 Å². The molecule has 1 aromatic carbocycles. The van der Waals surface area contributed by atoms with Crippen LogP contribution in [0.4, 0.5) is 4.39 Å². The standard InChI is InChI=1S/C16H21ClFNO.C7H15NO/c1-3-5-16(6-4-2)10-14(16)19-15(20)11-7-12(17)9-13(18)8-11;1-5-6(9)8-7(2,3)4/h7-9,14H,3-6,10H2,1-2H3,(H,19,20);5H2,1-4H3,(H,8,9). The van der Waals surface area contributed by atoms with Gasteiger partial charge < -0.3 is 10.6 Å². The van der Waals surface area contributed by atoms with E-state index in [-0.39, 0.29) is 33.8 Å². The topological polar surface area (TPSA) is 58.2 Å². The van der Waals surface area contributed by atoms with Crippen LogP contribution in [0.3, 0.4) is 0 Å². The maximum absolute atomic E-state index is 13.3. The zero-order valence-electron chi connectivity index (χ0n) is 18.6. The second-order valence-corrected chi connectivity index (χ2v) is 9.34. The first-order valence-corrected chi connectivity index (χ1v) is 10.9. The minimum absolute atomic E-state index is 0.0763. The minimum Gasteiger partial charge on any atom is -0.352 e. The van der Waals surface area contributed by atoms with Gasteiger partial charge in [-0.05, 0) is 63.6 Å². The molecule has 1 aromatic rings. The molecule has 0 heterocycles. The lowest BCUT2D eigenvalue weighted by atomic mass is 9.94. The van der Waals surface area contributed by atoms with Crippen molar-refractivity contribution in [3.63, 3.8) is 0 Å². The molecule has 0 radical (unpaired) electrons. The maximum atomic E-state index is 13.3. The second-order valence-electron chi connectivity index (χ2n) is 8.90. The average Bonchev–Trinajstić information content (AvgIpc) is 3.25. The van der Waals surface area contributed by atoms with Crippen molar-refractivity contribution in [2.75, 3.05) is 0 Å². The van der Waals surface area contributed by atoms with Crippen LogP contribution in [-0.4, -0.2) is 23.4 Å². The molecule has 1 aliphatic carbocycles. The molecule has 0 aromatic heterocycles. The number of carbonyl (C=O) groups excluding carboxylic acids is 2. The van der Waals surface area contributed by atoms with Crippen LogP contribution in [0.25, 0.3) is 0 Å². The molecule has 1 saturated carbocycles. The molecule has 1 atom stereocenters.